The minimum Gasteiger partial charge on any atom is -0.464 e. The van der Waals surface area contributed by atoms with Gasteiger partial charge in [-0.1, -0.05) is 158 Å². The molecule has 5 nitrogen and oxygen atoms in total. The number of rotatable bonds is 6. The van der Waals surface area contributed by atoms with Crippen molar-refractivity contribution >= 4 is 27.4 Å². The Hall–Kier alpha value is -7.11. The highest BCUT2D eigenvalue weighted by Gasteiger charge is 2.27. The molecular weight excluding hydrogens is 649 g/mol. The summed E-state index contributed by atoms with van der Waals surface area (Å²) in [6, 6.07) is 62.6. The first-order chi connectivity index (χ1) is 26.2. The molecule has 1 N–H and O–H groups in total. The third-order valence-electron chi connectivity index (χ3n) is 9.95. The second kappa shape index (κ2) is 12.9. The molecule has 3 heterocycles. The summed E-state index contributed by atoms with van der Waals surface area (Å²) in [4.78, 5) is 15.3. The van der Waals surface area contributed by atoms with Gasteiger partial charge in [0, 0.05) is 44.0 Å². The average molecular weight is 681 g/mol. The molecule has 53 heavy (non-hydrogen) atoms. The molecule has 0 saturated heterocycles. The van der Waals surface area contributed by atoms with Crippen molar-refractivity contribution < 1.29 is 4.74 Å². The van der Waals surface area contributed by atoms with Crippen LogP contribution in [0.5, 0.6) is 5.75 Å². The van der Waals surface area contributed by atoms with E-state index in [4.69, 9.17) is 19.7 Å². The van der Waals surface area contributed by atoms with E-state index in [0.29, 0.717) is 5.82 Å². The zero-order valence-electron chi connectivity index (χ0n) is 28.6. The van der Waals surface area contributed by atoms with Crippen molar-refractivity contribution in [2.45, 2.75) is 6.23 Å². The third kappa shape index (κ3) is 5.65. The van der Waals surface area contributed by atoms with Crippen molar-refractivity contribution in [2.24, 2.45) is 0 Å². The number of pyridine rings is 1. The number of aromatic nitrogens is 3. The van der Waals surface area contributed by atoms with Crippen LogP contribution in [0.25, 0.3) is 78.0 Å². The Morgan fingerprint density at radius 2 is 0.981 bits per heavy atom. The van der Waals surface area contributed by atoms with E-state index < -0.39 is 0 Å². The molecule has 0 amide bonds. The summed E-state index contributed by atoms with van der Waals surface area (Å²) >= 11 is 0. The van der Waals surface area contributed by atoms with Gasteiger partial charge in [0.15, 0.2) is 12.1 Å². The minimum atomic E-state index is -0.258. The van der Waals surface area contributed by atoms with Gasteiger partial charge in [0.1, 0.15) is 5.75 Å². The number of hydrogen-bond donors (Lipinski definition) is 1. The van der Waals surface area contributed by atoms with Crippen LogP contribution < -0.4 is 10.1 Å². The Labute approximate surface area is 307 Å². The van der Waals surface area contributed by atoms with Gasteiger partial charge in [0.2, 0.25) is 0 Å². The van der Waals surface area contributed by atoms with Gasteiger partial charge in [-0.25, -0.2) is 15.0 Å². The van der Waals surface area contributed by atoms with Gasteiger partial charge < -0.3 is 10.1 Å². The zero-order chi connectivity index (χ0) is 35.1. The summed E-state index contributed by atoms with van der Waals surface area (Å²) in [7, 11) is 0. The molecule has 0 fully saturated rings. The topological polar surface area (TPSA) is 59.9 Å². The molecule has 1 atom stereocenters. The van der Waals surface area contributed by atoms with Gasteiger partial charge in [-0.15, -0.1) is 0 Å². The molecule has 1 aliphatic rings. The Morgan fingerprint density at radius 1 is 0.434 bits per heavy atom. The Morgan fingerprint density at radius 3 is 1.66 bits per heavy atom. The smallest absolute Gasteiger partial charge is 0.196 e. The fourth-order valence-electron chi connectivity index (χ4n) is 7.27. The van der Waals surface area contributed by atoms with Crippen molar-refractivity contribution in [1.29, 1.82) is 0 Å². The molecule has 5 heteroatoms. The van der Waals surface area contributed by atoms with Gasteiger partial charge in [-0.2, -0.15) is 0 Å². The van der Waals surface area contributed by atoms with Crippen molar-refractivity contribution in [3.05, 3.63) is 188 Å². The van der Waals surface area contributed by atoms with Crippen molar-refractivity contribution in [1.82, 2.24) is 15.0 Å². The molecule has 9 aromatic rings. The fraction of sp³-hybridized carbons (Fsp3) is 0.0208. The number of nitrogens with one attached hydrogen (secondary N) is 1. The van der Waals surface area contributed by atoms with Crippen LogP contribution in [0.3, 0.4) is 0 Å². The molecule has 0 aliphatic carbocycles. The first-order valence-electron chi connectivity index (χ1n) is 17.8. The third-order valence-corrected chi connectivity index (χ3v) is 9.95. The Balaban J connectivity index is 1.05. The molecule has 10 rings (SSSR count). The molecule has 0 bridgehead atoms. The Kier molecular flexibility index (Phi) is 7.47. The summed E-state index contributed by atoms with van der Waals surface area (Å²) in [6.45, 7) is 0. The van der Waals surface area contributed by atoms with Gasteiger partial charge in [-0.05, 0) is 35.4 Å². The van der Waals surface area contributed by atoms with Crippen LogP contribution in [0.15, 0.2) is 182 Å². The Bertz CT molecular complexity index is 2750. The van der Waals surface area contributed by atoms with E-state index in [9.17, 15) is 0 Å². The molecule has 0 radical (unpaired) electrons. The second-order valence-corrected chi connectivity index (χ2v) is 13.2. The number of fused-ring (bicyclic) bond motifs is 5. The van der Waals surface area contributed by atoms with Gasteiger partial charge in [-0.3, -0.25) is 0 Å². The molecule has 250 valence electrons. The summed E-state index contributed by atoms with van der Waals surface area (Å²) in [5.74, 6) is 1.53. The lowest BCUT2D eigenvalue weighted by molar-refractivity contribution is 0.260. The van der Waals surface area contributed by atoms with Crippen LogP contribution in [0, 0.1) is 0 Å². The maximum Gasteiger partial charge on any atom is 0.196 e. The molecule has 1 aliphatic heterocycles. The van der Waals surface area contributed by atoms with E-state index in [1.54, 1.807) is 0 Å². The van der Waals surface area contributed by atoms with Gasteiger partial charge >= 0.3 is 0 Å². The van der Waals surface area contributed by atoms with Crippen molar-refractivity contribution in [3.8, 4) is 62.0 Å². The highest BCUT2D eigenvalue weighted by atomic mass is 16.5. The highest BCUT2D eigenvalue weighted by molar-refractivity contribution is 6.17. The minimum absolute atomic E-state index is 0.258. The number of benzene rings is 7. The average Bonchev–Trinajstić information content (AvgIpc) is 3.69. The first-order valence-corrected chi connectivity index (χ1v) is 17.8. The predicted octanol–water partition coefficient (Wildman–Crippen LogP) is 12.0. The summed E-state index contributed by atoms with van der Waals surface area (Å²) in [5, 5.41) is 6.94. The zero-order valence-corrected chi connectivity index (χ0v) is 28.6. The van der Waals surface area contributed by atoms with Crippen LogP contribution in [0.2, 0.25) is 0 Å². The summed E-state index contributed by atoms with van der Waals surface area (Å²) < 4.78 is 6.43. The SMILES string of the molecule is c1ccc(-c2ccc(-c3cc(-c4ccc(-c5nc6ccccc6c6c7c(ccc56)OC(c5ccccc5)N7)cc4)nc(-c4ccccc4)n3)cc2)cc1. The molecular formula is C48H32N4O. The second-order valence-electron chi connectivity index (χ2n) is 13.2. The van der Waals surface area contributed by atoms with Gasteiger partial charge in [0.05, 0.1) is 28.3 Å². The summed E-state index contributed by atoms with van der Waals surface area (Å²) in [6.07, 6.45) is -0.258. The normalized spacial score (nSPS) is 13.4. The quantitative estimate of drug-likeness (QED) is 0.177. The number of para-hydroxylation sites is 1. The number of ether oxygens (including phenoxy) is 1. The largest absolute Gasteiger partial charge is 0.464 e. The molecule has 0 saturated carbocycles. The maximum absolute atomic E-state index is 6.43. The number of anilines is 1. The van der Waals surface area contributed by atoms with E-state index in [-0.39, 0.29) is 6.23 Å². The maximum atomic E-state index is 6.43. The summed E-state index contributed by atoms with van der Waals surface area (Å²) in [5.41, 5.74) is 12.0. The van der Waals surface area contributed by atoms with Crippen LogP contribution in [-0.4, -0.2) is 15.0 Å². The van der Waals surface area contributed by atoms with Crippen LogP contribution in [0.1, 0.15) is 11.8 Å². The lowest BCUT2D eigenvalue weighted by Gasteiger charge is -2.14. The van der Waals surface area contributed by atoms with Crippen molar-refractivity contribution in [3.63, 3.8) is 0 Å². The van der Waals surface area contributed by atoms with E-state index >= 15 is 0 Å². The van der Waals surface area contributed by atoms with Crippen LogP contribution >= 0.6 is 0 Å². The van der Waals surface area contributed by atoms with Gasteiger partial charge in [0.25, 0.3) is 0 Å². The van der Waals surface area contributed by atoms with E-state index in [1.807, 2.05) is 48.5 Å². The molecule has 1 unspecified atom stereocenters. The standard InChI is InChI=1S/C48H32N4O/c1-4-12-31(13-5-1)32-20-22-33(23-21-32)41-30-42(51-47(50-41)36-14-6-2-7-15-36)34-24-26-35(27-25-34)45-39-28-29-43-46(44(39)38-18-10-11-19-40(38)49-45)52-48(53-43)37-16-8-3-9-17-37/h1-30,48,52H. The number of nitrogens with zero attached hydrogens (tertiary/aromatic N) is 3. The van der Waals surface area contributed by atoms with Crippen LogP contribution in [0.4, 0.5) is 5.69 Å². The first kappa shape index (κ1) is 30.7. The van der Waals surface area contributed by atoms with E-state index in [2.05, 4.69) is 139 Å². The lowest BCUT2D eigenvalue weighted by atomic mass is 9.97. The molecule has 2 aromatic heterocycles. The molecule has 0 spiro atoms. The monoisotopic (exact) mass is 680 g/mol. The van der Waals surface area contributed by atoms with E-state index in [0.717, 1.165) is 78.0 Å². The van der Waals surface area contributed by atoms with Crippen molar-refractivity contribution in [2.75, 3.05) is 5.32 Å². The van der Waals surface area contributed by atoms with Crippen LogP contribution in [-0.2, 0) is 0 Å². The van der Waals surface area contributed by atoms with E-state index in [1.165, 1.54) is 11.1 Å². The highest BCUT2D eigenvalue weighted by Crippen LogP contribution is 2.47. The lowest BCUT2D eigenvalue weighted by Crippen LogP contribution is -2.09. The fourth-order valence-corrected chi connectivity index (χ4v) is 7.27. The predicted molar refractivity (Wildman–Crippen MR) is 215 cm³/mol. The molecule has 7 aromatic carbocycles. The number of hydrogen-bond acceptors (Lipinski definition) is 5.